The summed E-state index contributed by atoms with van der Waals surface area (Å²) >= 11 is 0. The van der Waals surface area contributed by atoms with E-state index in [0.29, 0.717) is 5.69 Å². The molecule has 200 valence electrons. The smallest absolute Gasteiger partial charge is 0.336 e. The molecule has 0 aliphatic heterocycles. The topological polar surface area (TPSA) is 164 Å². The number of aromatic nitrogens is 1. The highest BCUT2D eigenvalue weighted by Gasteiger charge is 2.27. The molecule has 0 spiro atoms. The zero-order valence-electron chi connectivity index (χ0n) is 21.7. The van der Waals surface area contributed by atoms with Crippen LogP contribution >= 0.6 is 0 Å². The molecule has 3 aromatic rings. The third kappa shape index (κ3) is 6.65. The van der Waals surface area contributed by atoms with E-state index in [1.165, 1.54) is 31.4 Å². The molecule has 0 saturated carbocycles. The van der Waals surface area contributed by atoms with E-state index in [0.717, 1.165) is 5.56 Å². The zero-order valence-corrected chi connectivity index (χ0v) is 21.7. The molecule has 38 heavy (non-hydrogen) atoms. The van der Waals surface area contributed by atoms with Crippen LogP contribution in [0.4, 0.5) is 5.69 Å². The number of aliphatic hydroxyl groups excluding tert-OH is 1. The van der Waals surface area contributed by atoms with Crippen molar-refractivity contribution in [2.75, 3.05) is 19.5 Å². The lowest BCUT2D eigenvalue weighted by atomic mass is 9.87. The van der Waals surface area contributed by atoms with Gasteiger partial charge in [0.05, 0.1) is 25.3 Å². The van der Waals surface area contributed by atoms with E-state index in [1.807, 2.05) is 20.8 Å². The Kier molecular flexibility index (Phi) is 8.69. The number of hydrogen-bond donors (Lipinski definition) is 5. The van der Waals surface area contributed by atoms with Gasteiger partial charge in [0.25, 0.3) is 11.8 Å². The van der Waals surface area contributed by atoms with Gasteiger partial charge in [-0.05, 0) is 46.9 Å². The SMILES string of the molecule is COc1ccc(-c2ccc(C(=O)N[C@H](CO)C(C)(C)C)cc2C(=O)O)c(C(=O)NCc2ccc(N)cc2)n1. The highest BCUT2D eigenvalue weighted by atomic mass is 16.5. The quantitative estimate of drug-likeness (QED) is 0.269. The van der Waals surface area contributed by atoms with Crippen molar-refractivity contribution in [1.82, 2.24) is 15.6 Å². The van der Waals surface area contributed by atoms with Crippen molar-refractivity contribution in [3.8, 4) is 17.0 Å². The largest absolute Gasteiger partial charge is 0.481 e. The van der Waals surface area contributed by atoms with E-state index in [4.69, 9.17) is 10.5 Å². The third-order valence-corrected chi connectivity index (χ3v) is 6.06. The number of nitrogen functional groups attached to an aromatic ring is 1. The highest BCUT2D eigenvalue weighted by Crippen LogP contribution is 2.30. The molecule has 0 saturated heterocycles. The maximum atomic E-state index is 13.2. The summed E-state index contributed by atoms with van der Waals surface area (Å²) < 4.78 is 5.18. The predicted octanol–water partition coefficient (Wildman–Crippen LogP) is 3.10. The van der Waals surface area contributed by atoms with Crippen molar-refractivity contribution in [3.63, 3.8) is 0 Å². The molecule has 0 aliphatic carbocycles. The molecule has 0 fully saturated rings. The number of carbonyl (C=O) groups is 3. The van der Waals surface area contributed by atoms with Gasteiger partial charge in [-0.15, -0.1) is 0 Å². The van der Waals surface area contributed by atoms with Crippen molar-refractivity contribution < 1.29 is 29.3 Å². The lowest BCUT2D eigenvalue weighted by Gasteiger charge is -2.29. The summed E-state index contributed by atoms with van der Waals surface area (Å²) in [5, 5.41) is 25.2. The number of pyridine rings is 1. The molecule has 1 atom stereocenters. The standard InChI is InChI=1S/C28H32N4O6/c1-28(2,3)22(15-33)31-25(34)17-7-10-19(21(13-17)27(36)37)20-11-12-23(38-4)32-24(20)26(35)30-14-16-5-8-18(29)9-6-16/h5-13,22,33H,14-15,29H2,1-4H3,(H,30,35)(H,31,34)(H,36,37)/t22-/m1/s1. The Morgan fingerprint density at radius 2 is 1.66 bits per heavy atom. The van der Waals surface area contributed by atoms with Crippen LogP contribution in [0.1, 0.15) is 57.5 Å². The van der Waals surface area contributed by atoms with Gasteiger partial charge in [0.2, 0.25) is 5.88 Å². The van der Waals surface area contributed by atoms with Crippen LogP contribution in [-0.4, -0.2) is 52.7 Å². The number of amides is 2. The van der Waals surface area contributed by atoms with Gasteiger partial charge >= 0.3 is 5.97 Å². The van der Waals surface area contributed by atoms with Crippen LogP contribution in [0.5, 0.6) is 5.88 Å². The number of hydrogen-bond acceptors (Lipinski definition) is 7. The molecule has 10 nitrogen and oxygen atoms in total. The summed E-state index contributed by atoms with van der Waals surface area (Å²) in [6, 6.07) is 13.7. The number of rotatable bonds is 9. The van der Waals surface area contributed by atoms with Crippen LogP contribution in [0, 0.1) is 5.41 Å². The fourth-order valence-electron chi connectivity index (χ4n) is 3.72. The molecular formula is C28H32N4O6. The van der Waals surface area contributed by atoms with Gasteiger partial charge in [-0.1, -0.05) is 39.0 Å². The molecular weight excluding hydrogens is 488 g/mol. The molecule has 0 unspecified atom stereocenters. The second-order valence-electron chi connectivity index (χ2n) is 9.81. The average molecular weight is 521 g/mol. The van der Waals surface area contributed by atoms with Gasteiger partial charge in [-0.25, -0.2) is 9.78 Å². The highest BCUT2D eigenvalue weighted by molar-refractivity contribution is 6.05. The Bertz CT molecular complexity index is 1330. The second kappa shape index (κ2) is 11.7. The summed E-state index contributed by atoms with van der Waals surface area (Å²) in [6.45, 7) is 5.54. The number of benzene rings is 2. The molecule has 6 N–H and O–H groups in total. The number of nitrogens with one attached hydrogen (secondary N) is 2. The fourth-order valence-corrected chi connectivity index (χ4v) is 3.72. The van der Waals surface area contributed by atoms with Gasteiger partial charge in [0.1, 0.15) is 5.69 Å². The second-order valence-corrected chi connectivity index (χ2v) is 9.81. The van der Waals surface area contributed by atoms with Crippen LogP contribution in [0.15, 0.2) is 54.6 Å². The number of carbonyl (C=O) groups excluding carboxylic acids is 2. The fraction of sp³-hybridized carbons (Fsp3) is 0.286. The Labute approximate surface area is 220 Å². The van der Waals surface area contributed by atoms with Crippen LogP contribution in [-0.2, 0) is 6.54 Å². The van der Waals surface area contributed by atoms with Gasteiger partial charge < -0.3 is 31.3 Å². The van der Waals surface area contributed by atoms with Crippen molar-refractivity contribution in [2.45, 2.75) is 33.4 Å². The molecule has 10 heteroatoms. The monoisotopic (exact) mass is 520 g/mol. The number of ether oxygens (including phenoxy) is 1. The van der Waals surface area contributed by atoms with Crippen LogP contribution in [0.25, 0.3) is 11.1 Å². The number of nitrogens with zero attached hydrogens (tertiary/aromatic N) is 1. The summed E-state index contributed by atoms with van der Waals surface area (Å²) in [7, 11) is 1.41. The summed E-state index contributed by atoms with van der Waals surface area (Å²) in [5.74, 6) is -2.17. The number of carboxylic acid groups (broad SMARTS) is 1. The predicted molar refractivity (Wildman–Crippen MR) is 143 cm³/mol. The first-order chi connectivity index (χ1) is 17.9. The van der Waals surface area contributed by atoms with E-state index in [9.17, 15) is 24.6 Å². The molecule has 0 radical (unpaired) electrons. The maximum Gasteiger partial charge on any atom is 0.336 e. The molecule has 0 bridgehead atoms. The Morgan fingerprint density at radius 1 is 1.00 bits per heavy atom. The summed E-state index contributed by atoms with van der Waals surface area (Å²) in [6.07, 6.45) is 0. The van der Waals surface area contributed by atoms with Crippen LogP contribution in [0.3, 0.4) is 0 Å². The molecule has 1 heterocycles. The van der Waals surface area contributed by atoms with E-state index in [2.05, 4.69) is 15.6 Å². The first kappa shape index (κ1) is 28.1. The number of nitrogens with two attached hydrogens (primary N) is 1. The van der Waals surface area contributed by atoms with E-state index >= 15 is 0 Å². The number of carboxylic acids is 1. The van der Waals surface area contributed by atoms with E-state index in [-0.39, 0.29) is 47.0 Å². The maximum absolute atomic E-state index is 13.2. The first-order valence-corrected chi connectivity index (χ1v) is 11.9. The van der Waals surface area contributed by atoms with Crippen molar-refractivity contribution in [3.05, 3.63) is 77.0 Å². The Morgan fingerprint density at radius 3 is 2.24 bits per heavy atom. The van der Waals surface area contributed by atoms with Crippen molar-refractivity contribution in [2.24, 2.45) is 5.41 Å². The molecule has 2 aromatic carbocycles. The number of anilines is 1. The van der Waals surface area contributed by atoms with E-state index in [1.54, 1.807) is 30.3 Å². The summed E-state index contributed by atoms with van der Waals surface area (Å²) in [5.41, 5.74) is 7.05. The summed E-state index contributed by atoms with van der Waals surface area (Å²) in [4.78, 5) is 42.5. The normalized spacial score (nSPS) is 11.9. The van der Waals surface area contributed by atoms with E-state index < -0.39 is 29.2 Å². The van der Waals surface area contributed by atoms with Gasteiger partial charge in [-0.3, -0.25) is 9.59 Å². The number of methoxy groups -OCH3 is 1. The van der Waals surface area contributed by atoms with Crippen molar-refractivity contribution >= 4 is 23.5 Å². The first-order valence-electron chi connectivity index (χ1n) is 11.9. The van der Waals surface area contributed by atoms with Crippen LogP contribution in [0.2, 0.25) is 0 Å². The van der Waals surface area contributed by atoms with Crippen molar-refractivity contribution in [1.29, 1.82) is 0 Å². The molecule has 0 aliphatic rings. The van der Waals surface area contributed by atoms with Gasteiger partial charge in [-0.2, -0.15) is 0 Å². The van der Waals surface area contributed by atoms with Gasteiger partial charge in [0, 0.05) is 29.4 Å². The minimum Gasteiger partial charge on any atom is -0.481 e. The minimum absolute atomic E-state index is 0.0347. The third-order valence-electron chi connectivity index (χ3n) is 6.06. The minimum atomic E-state index is -1.28. The average Bonchev–Trinajstić information content (AvgIpc) is 2.89. The lowest BCUT2D eigenvalue weighted by molar-refractivity contribution is 0.0697. The van der Waals surface area contributed by atoms with Crippen LogP contribution < -0.4 is 21.1 Å². The lowest BCUT2D eigenvalue weighted by Crippen LogP contribution is -2.46. The molecule has 1 aromatic heterocycles. The number of aliphatic hydroxyl groups is 1. The Balaban J connectivity index is 1.98. The molecule has 3 rings (SSSR count). The number of aromatic carboxylic acids is 1. The van der Waals surface area contributed by atoms with Gasteiger partial charge in [0.15, 0.2) is 0 Å². The zero-order chi connectivity index (χ0) is 28.0. The Hall–Kier alpha value is -4.44. The molecule has 2 amide bonds.